The minimum absolute atomic E-state index is 0.0705. The SMILES string of the molecule is Cc1ccc(O)cc1C(=O)NC(Cc1ccccc1)C(O)C(O)C(Cc1ccccc1)NC(=O)c1cc(O)ccc1C. The molecule has 0 aliphatic heterocycles. The van der Waals surface area contributed by atoms with E-state index in [1.807, 2.05) is 60.7 Å². The second kappa shape index (κ2) is 13.8. The van der Waals surface area contributed by atoms with Crippen LogP contribution in [0.2, 0.25) is 0 Å². The lowest BCUT2D eigenvalue weighted by atomic mass is 9.90. The molecule has 4 aromatic rings. The van der Waals surface area contributed by atoms with E-state index in [0.717, 1.165) is 11.1 Å². The van der Waals surface area contributed by atoms with Gasteiger partial charge in [-0.1, -0.05) is 72.8 Å². The molecule has 0 aromatic heterocycles. The molecule has 2 amide bonds. The van der Waals surface area contributed by atoms with Crippen molar-refractivity contribution in [3.8, 4) is 11.5 Å². The lowest BCUT2D eigenvalue weighted by molar-refractivity contribution is -0.0219. The number of hydrogen-bond donors (Lipinski definition) is 6. The normalized spacial score (nSPS) is 13.9. The van der Waals surface area contributed by atoms with Crippen molar-refractivity contribution in [1.29, 1.82) is 0 Å². The molecular weight excluding hydrogens is 532 g/mol. The van der Waals surface area contributed by atoms with Gasteiger partial charge in [-0.3, -0.25) is 9.59 Å². The van der Waals surface area contributed by atoms with Gasteiger partial charge in [0.25, 0.3) is 11.8 Å². The molecule has 218 valence electrons. The number of phenolic OH excluding ortho intramolecular Hbond substituents is 2. The van der Waals surface area contributed by atoms with E-state index in [0.29, 0.717) is 11.1 Å². The van der Waals surface area contributed by atoms with Crippen molar-refractivity contribution in [3.63, 3.8) is 0 Å². The molecule has 0 fully saturated rings. The first-order valence-electron chi connectivity index (χ1n) is 13.8. The largest absolute Gasteiger partial charge is 0.508 e. The van der Waals surface area contributed by atoms with E-state index in [2.05, 4.69) is 10.6 Å². The number of aromatic hydroxyl groups is 2. The van der Waals surface area contributed by atoms with Crippen molar-refractivity contribution in [3.05, 3.63) is 130 Å². The number of aliphatic hydroxyl groups is 2. The number of benzene rings is 4. The minimum Gasteiger partial charge on any atom is -0.508 e. The molecule has 0 radical (unpaired) electrons. The molecule has 8 heteroatoms. The Morgan fingerprint density at radius 2 is 0.952 bits per heavy atom. The first kappa shape index (κ1) is 30.3. The minimum atomic E-state index is -1.49. The Labute approximate surface area is 245 Å². The molecule has 8 nitrogen and oxygen atoms in total. The van der Waals surface area contributed by atoms with Crippen LogP contribution in [0.5, 0.6) is 11.5 Å². The summed E-state index contributed by atoms with van der Waals surface area (Å²) >= 11 is 0. The zero-order valence-electron chi connectivity index (χ0n) is 23.6. The van der Waals surface area contributed by atoms with Crippen LogP contribution in [-0.2, 0) is 12.8 Å². The molecule has 4 aromatic carbocycles. The van der Waals surface area contributed by atoms with Crippen LogP contribution in [0.25, 0.3) is 0 Å². The second-order valence-electron chi connectivity index (χ2n) is 10.5. The Morgan fingerprint density at radius 3 is 1.31 bits per heavy atom. The molecule has 42 heavy (non-hydrogen) atoms. The van der Waals surface area contributed by atoms with Gasteiger partial charge in [-0.05, 0) is 73.2 Å². The number of phenols is 2. The van der Waals surface area contributed by atoms with Crippen LogP contribution in [0.3, 0.4) is 0 Å². The maximum absolute atomic E-state index is 13.3. The summed E-state index contributed by atoms with van der Waals surface area (Å²) in [5, 5.41) is 48.8. The molecule has 0 bridgehead atoms. The summed E-state index contributed by atoms with van der Waals surface area (Å²) in [5.74, 6) is -1.18. The number of amides is 2. The molecule has 0 saturated carbocycles. The monoisotopic (exact) mass is 568 g/mol. The van der Waals surface area contributed by atoms with Gasteiger partial charge in [0, 0.05) is 11.1 Å². The summed E-state index contributed by atoms with van der Waals surface area (Å²) in [7, 11) is 0. The van der Waals surface area contributed by atoms with Gasteiger partial charge in [-0.2, -0.15) is 0 Å². The van der Waals surface area contributed by atoms with Gasteiger partial charge in [0.15, 0.2) is 0 Å². The Kier molecular flexibility index (Phi) is 9.96. The molecular formula is C34H36N2O6. The fourth-order valence-electron chi connectivity index (χ4n) is 4.93. The van der Waals surface area contributed by atoms with E-state index in [9.17, 15) is 30.0 Å². The molecule has 4 rings (SSSR count). The highest BCUT2D eigenvalue weighted by atomic mass is 16.3. The highest BCUT2D eigenvalue weighted by Crippen LogP contribution is 2.20. The van der Waals surface area contributed by atoms with Gasteiger partial charge >= 0.3 is 0 Å². The number of nitrogens with one attached hydrogen (secondary N) is 2. The highest BCUT2D eigenvalue weighted by Gasteiger charge is 2.35. The zero-order chi connectivity index (χ0) is 30.2. The average Bonchev–Trinajstić information content (AvgIpc) is 2.99. The molecule has 4 atom stereocenters. The summed E-state index contributed by atoms with van der Waals surface area (Å²) in [5.41, 5.74) is 3.39. The summed E-state index contributed by atoms with van der Waals surface area (Å²) in [6.45, 7) is 3.47. The van der Waals surface area contributed by atoms with Crippen molar-refractivity contribution in [2.45, 2.75) is 51.0 Å². The lowest BCUT2D eigenvalue weighted by Gasteiger charge is -2.33. The smallest absolute Gasteiger partial charge is 0.252 e. The Hall–Kier alpha value is -4.66. The summed E-state index contributed by atoms with van der Waals surface area (Å²) in [6.07, 6.45) is -2.60. The topological polar surface area (TPSA) is 139 Å². The van der Waals surface area contributed by atoms with E-state index in [-0.39, 0.29) is 35.5 Å². The third kappa shape index (κ3) is 7.75. The predicted octanol–water partition coefficient (Wildman–Crippen LogP) is 3.82. The zero-order valence-corrected chi connectivity index (χ0v) is 23.6. The highest BCUT2D eigenvalue weighted by molar-refractivity contribution is 5.97. The van der Waals surface area contributed by atoms with Crippen LogP contribution in [0.15, 0.2) is 97.1 Å². The van der Waals surface area contributed by atoms with Crippen LogP contribution in [-0.4, -0.2) is 56.5 Å². The second-order valence-corrected chi connectivity index (χ2v) is 10.5. The molecule has 0 spiro atoms. The maximum atomic E-state index is 13.3. The Morgan fingerprint density at radius 1 is 0.595 bits per heavy atom. The van der Waals surface area contributed by atoms with Gasteiger partial charge < -0.3 is 31.1 Å². The maximum Gasteiger partial charge on any atom is 0.252 e. The number of rotatable bonds is 11. The molecule has 6 N–H and O–H groups in total. The van der Waals surface area contributed by atoms with Gasteiger partial charge in [-0.25, -0.2) is 0 Å². The van der Waals surface area contributed by atoms with Gasteiger partial charge in [0.2, 0.25) is 0 Å². The summed E-state index contributed by atoms with van der Waals surface area (Å²) < 4.78 is 0. The van der Waals surface area contributed by atoms with E-state index >= 15 is 0 Å². The number of aliphatic hydroxyl groups excluding tert-OH is 2. The van der Waals surface area contributed by atoms with Crippen molar-refractivity contribution in [2.24, 2.45) is 0 Å². The number of hydrogen-bond acceptors (Lipinski definition) is 6. The lowest BCUT2D eigenvalue weighted by Crippen LogP contribution is -2.57. The van der Waals surface area contributed by atoms with Crippen LogP contribution in [0, 0.1) is 13.8 Å². The van der Waals surface area contributed by atoms with Crippen LogP contribution < -0.4 is 10.6 Å². The molecule has 0 aliphatic rings. The van der Waals surface area contributed by atoms with E-state index < -0.39 is 36.1 Å². The molecule has 4 unspecified atom stereocenters. The van der Waals surface area contributed by atoms with Crippen LogP contribution in [0.4, 0.5) is 0 Å². The van der Waals surface area contributed by atoms with Gasteiger partial charge in [0.1, 0.15) is 23.7 Å². The molecule has 0 aliphatic carbocycles. The molecule has 0 heterocycles. The van der Waals surface area contributed by atoms with Gasteiger partial charge in [0.05, 0.1) is 12.1 Å². The van der Waals surface area contributed by atoms with Gasteiger partial charge in [-0.15, -0.1) is 0 Å². The van der Waals surface area contributed by atoms with Crippen LogP contribution >= 0.6 is 0 Å². The Bertz CT molecular complexity index is 1390. The molecule has 0 saturated heterocycles. The number of carbonyl (C=O) groups is 2. The van der Waals surface area contributed by atoms with E-state index in [4.69, 9.17) is 0 Å². The fraction of sp³-hybridized carbons (Fsp3) is 0.235. The Balaban J connectivity index is 1.64. The third-order valence-electron chi connectivity index (χ3n) is 7.34. The van der Waals surface area contributed by atoms with Crippen molar-refractivity contribution in [2.75, 3.05) is 0 Å². The van der Waals surface area contributed by atoms with E-state index in [1.54, 1.807) is 26.0 Å². The third-order valence-corrected chi connectivity index (χ3v) is 7.34. The predicted molar refractivity (Wildman–Crippen MR) is 161 cm³/mol. The van der Waals surface area contributed by atoms with Crippen LogP contribution in [0.1, 0.15) is 43.0 Å². The summed E-state index contributed by atoms with van der Waals surface area (Å²) in [4.78, 5) is 26.7. The van der Waals surface area contributed by atoms with E-state index in [1.165, 1.54) is 24.3 Å². The standard InChI is InChI=1S/C34H36N2O6/c1-21-13-15-25(37)19-27(21)33(41)35-29(17-23-9-5-3-6-10-23)31(39)32(40)30(18-24-11-7-4-8-12-24)36-34(42)28-20-26(38)16-14-22(28)2/h3-16,19-20,29-32,37-40H,17-18H2,1-2H3,(H,35,41)(H,36,42). The first-order chi connectivity index (χ1) is 20.1. The summed E-state index contributed by atoms with van der Waals surface area (Å²) in [6, 6.07) is 25.5. The van der Waals surface area contributed by atoms with Crippen molar-refractivity contribution < 1.29 is 30.0 Å². The van der Waals surface area contributed by atoms with Crippen molar-refractivity contribution >= 4 is 11.8 Å². The number of aryl methyl sites for hydroxylation is 2. The van der Waals surface area contributed by atoms with Crippen molar-refractivity contribution in [1.82, 2.24) is 10.6 Å². The number of carbonyl (C=O) groups excluding carboxylic acids is 2. The first-order valence-corrected chi connectivity index (χ1v) is 13.8. The fourth-order valence-corrected chi connectivity index (χ4v) is 4.93. The quantitative estimate of drug-likeness (QED) is 0.163. The average molecular weight is 569 g/mol.